The van der Waals surface area contributed by atoms with Crippen molar-refractivity contribution in [1.29, 1.82) is 0 Å². The van der Waals surface area contributed by atoms with E-state index in [9.17, 15) is 9.59 Å². The quantitative estimate of drug-likeness (QED) is 0.131. The first-order valence-electron chi connectivity index (χ1n) is 19.1. The second kappa shape index (κ2) is 22.9. The van der Waals surface area contributed by atoms with E-state index in [0.29, 0.717) is 49.5 Å². The number of hydrogen-bond acceptors (Lipinski definition) is 11. The van der Waals surface area contributed by atoms with Crippen LogP contribution < -0.4 is 0 Å². The number of esters is 1. The summed E-state index contributed by atoms with van der Waals surface area (Å²) < 4.78 is 26.3. The second-order valence-corrected chi connectivity index (χ2v) is 15.2. The van der Waals surface area contributed by atoms with Crippen LogP contribution in [0.5, 0.6) is 0 Å². The van der Waals surface area contributed by atoms with Gasteiger partial charge in [0.25, 0.3) is 0 Å². The van der Waals surface area contributed by atoms with Crippen molar-refractivity contribution in [3.05, 3.63) is 23.4 Å². The number of hydrogen-bond donors (Lipinski definition) is 1. The van der Waals surface area contributed by atoms with Crippen LogP contribution in [0.4, 0.5) is 0 Å². The zero-order chi connectivity index (χ0) is 36.2. The molecular formula is C38H64N4O8. The Morgan fingerprint density at radius 2 is 1.18 bits per heavy atom. The summed E-state index contributed by atoms with van der Waals surface area (Å²) in [4.78, 5) is 32.3. The number of carbonyl (C=O) groups is 2. The smallest absolute Gasteiger partial charge is 0.307 e. The number of carboxylic acids is 1. The summed E-state index contributed by atoms with van der Waals surface area (Å²) in [5, 5.41) is 17.1. The van der Waals surface area contributed by atoms with Gasteiger partial charge < -0.3 is 28.4 Å². The molecule has 0 saturated heterocycles. The van der Waals surface area contributed by atoms with Crippen molar-refractivity contribution >= 4 is 11.9 Å². The van der Waals surface area contributed by atoms with Gasteiger partial charge in [-0.05, 0) is 45.4 Å². The van der Waals surface area contributed by atoms with Crippen LogP contribution in [0, 0.1) is 11.8 Å². The summed E-state index contributed by atoms with van der Waals surface area (Å²) >= 11 is 0. The highest BCUT2D eigenvalue weighted by atomic mass is 16.6. The highest BCUT2D eigenvalue weighted by Crippen LogP contribution is 2.33. The van der Waals surface area contributed by atoms with Crippen molar-refractivity contribution in [1.82, 2.24) is 20.3 Å². The highest BCUT2D eigenvalue weighted by Gasteiger charge is 2.27. The fraction of sp³-hybridized carbons (Fsp3) is 0.842. The summed E-state index contributed by atoms with van der Waals surface area (Å²) in [5.41, 5.74) is -0.484. The number of carboxylic acid groups (broad SMARTS) is 1. The zero-order valence-corrected chi connectivity index (χ0v) is 31.5. The van der Waals surface area contributed by atoms with Crippen LogP contribution >= 0.6 is 0 Å². The summed E-state index contributed by atoms with van der Waals surface area (Å²) in [6.07, 6.45) is 21.2. The van der Waals surface area contributed by atoms with Gasteiger partial charge in [-0.25, -0.2) is 0 Å². The molecule has 2 atom stereocenters. The third kappa shape index (κ3) is 16.9. The Hall–Kier alpha value is -2.86. The van der Waals surface area contributed by atoms with E-state index in [-0.39, 0.29) is 30.6 Å². The molecule has 50 heavy (non-hydrogen) atoms. The Labute approximate surface area is 299 Å². The normalized spacial score (nSPS) is 17.1. The molecule has 2 aromatic heterocycles. The SMILES string of the molecule is COCCc1noc([C@H](CCCC2CCCCC2)CC(=O)O)n1.COCCc1noc([C@H](CCCC2CCCCC2)CC(=O)OC(C)(C)C)n1. The number of ether oxygens (including phenoxy) is 3. The minimum absolute atomic E-state index is 0.0522. The first-order valence-corrected chi connectivity index (χ1v) is 19.1. The Balaban J connectivity index is 0.000000274. The lowest BCUT2D eigenvalue weighted by atomic mass is 9.84. The fourth-order valence-electron chi connectivity index (χ4n) is 7.13. The lowest BCUT2D eigenvalue weighted by molar-refractivity contribution is -0.155. The van der Waals surface area contributed by atoms with Crippen LogP contribution in [0.15, 0.2) is 9.05 Å². The van der Waals surface area contributed by atoms with Gasteiger partial charge in [0.15, 0.2) is 11.6 Å². The first kappa shape index (κ1) is 41.6. The molecule has 2 aromatic rings. The number of nitrogens with zero attached hydrogens (tertiary/aromatic N) is 4. The third-order valence-electron chi connectivity index (χ3n) is 9.76. The topological polar surface area (TPSA) is 160 Å². The first-order chi connectivity index (χ1) is 24.1. The van der Waals surface area contributed by atoms with Gasteiger partial charge in [-0.3, -0.25) is 9.59 Å². The number of aromatic nitrogens is 4. The molecule has 0 aliphatic heterocycles. The van der Waals surface area contributed by atoms with Gasteiger partial charge in [0, 0.05) is 38.9 Å². The maximum atomic E-state index is 12.4. The van der Waals surface area contributed by atoms with E-state index in [4.69, 9.17) is 28.4 Å². The molecule has 12 nitrogen and oxygen atoms in total. The van der Waals surface area contributed by atoms with E-state index in [0.717, 1.165) is 37.5 Å². The Morgan fingerprint density at radius 3 is 1.58 bits per heavy atom. The molecule has 0 bridgehead atoms. The maximum Gasteiger partial charge on any atom is 0.307 e. The Morgan fingerprint density at radius 1 is 0.740 bits per heavy atom. The van der Waals surface area contributed by atoms with Crippen molar-refractivity contribution < 1.29 is 38.0 Å². The molecule has 0 spiro atoms. The molecule has 2 aliphatic rings. The predicted octanol–water partition coefficient (Wildman–Crippen LogP) is 8.39. The van der Waals surface area contributed by atoms with Crippen LogP contribution in [0.2, 0.25) is 0 Å². The van der Waals surface area contributed by atoms with Crippen molar-refractivity contribution in [2.24, 2.45) is 11.8 Å². The van der Waals surface area contributed by atoms with Gasteiger partial charge in [-0.15, -0.1) is 0 Å². The third-order valence-corrected chi connectivity index (χ3v) is 9.76. The zero-order valence-electron chi connectivity index (χ0n) is 31.5. The van der Waals surface area contributed by atoms with Gasteiger partial charge in [0.1, 0.15) is 5.60 Å². The summed E-state index contributed by atoms with van der Waals surface area (Å²) in [6, 6.07) is 0. The molecule has 12 heteroatoms. The van der Waals surface area contributed by atoms with Crippen molar-refractivity contribution in [2.75, 3.05) is 27.4 Å². The largest absolute Gasteiger partial charge is 0.481 e. The molecule has 2 heterocycles. The van der Waals surface area contributed by atoms with Crippen LogP contribution in [-0.4, -0.2) is 70.4 Å². The molecule has 284 valence electrons. The molecule has 1 N–H and O–H groups in total. The number of rotatable bonds is 20. The minimum atomic E-state index is -0.815. The predicted molar refractivity (Wildman–Crippen MR) is 189 cm³/mol. The van der Waals surface area contributed by atoms with E-state index in [1.807, 2.05) is 20.8 Å². The minimum Gasteiger partial charge on any atom is -0.481 e. The van der Waals surface area contributed by atoms with E-state index in [2.05, 4.69) is 20.3 Å². The summed E-state index contributed by atoms with van der Waals surface area (Å²) in [6.45, 7) is 6.75. The molecule has 2 saturated carbocycles. The van der Waals surface area contributed by atoms with Gasteiger partial charge in [-0.1, -0.05) is 100 Å². The molecule has 0 amide bonds. The molecule has 0 aromatic carbocycles. The maximum absolute atomic E-state index is 12.4. The average Bonchev–Trinajstić information content (AvgIpc) is 3.76. The Bertz CT molecular complexity index is 1210. The van der Waals surface area contributed by atoms with E-state index in [1.54, 1.807) is 14.2 Å². The monoisotopic (exact) mass is 704 g/mol. The summed E-state index contributed by atoms with van der Waals surface area (Å²) in [5.74, 6) is 2.60. The molecule has 2 aliphatic carbocycles. The van der Waals surface area contributed by atoms with Gasteiger partial charge in [0.2, 0.25) is 11.8 Å². The van der Waals surface area contributed by atoms with Crippen LogP contribution in [0.3, 0.4) is 0 Å². The number of methoxy groups -OCH3 is 2. The standard InChI is InChI=1S/C21H36N2O4.C17H28N2O4/c1-21(2,3)26-19(24)15-17(12-8-11-16-9-6-5-7-10-16)20-22-18(23-27-20)13-14-25-4;1-22-11-10-15-18-17(23-19-15)14(12-16(20)21)9-5-8-13-6-3-2-4-7-13/h16-17H,5-15H2,1-4H3;13-14H,2-12H2,1H3,(H,20,21)/t17-;14-/m11/s1. The molecule has 0 radical (unpaired) electrons. The number of carbonyl (C=O) groups excluding carboxylic acids is 1. The average molecular weight is 705 g/mol. The van der Waals surface area contributed by atoms with Crippen LogP contribution in [-0.2, 0) is 36.6 Å². The van der Waals surface area contributed by atoms with Gasteiger partial charge in [-0.2, -0.15) is 9.97 Å². The van der Waals surface area contributed by atoms with E-state index < -0.39 is 11.6 Å². The van der Waals surface area contributed by atoms with Crippen molar-refractivity contribution in [3.8, 4) is 0 Å². The lowest BCUT2D eigenvalue weighted by Crippen LogP contribution is -2.25. The van der Waals surface area contributed by atoms with Gasteiger partial charge >= 0.3 is 11.9 Å². The van der Waals surface area contributed by atoms with Crippen molar-refractivity contribution in [2.45, 2.75) is 167 Å². The molecular weight excluding hydrogens is 640 g/mol. The van der Waals surface area contributed by atoms with Crippen LogP contribution in [0.1, 0.15) is 172 Å². The van der Waals surface area contributed by atoms with E-state index in [1.165, 1.54) is 77.0 Å². The molecule has 0 unspecified atom stereocenters. The summed E-state index contributed by atoms with van der Waals surface area (Å²) in [7, 11) is 3.27. The lowest BCUT2D eigenvalue weighted by Gasteiger charge is -2.23. The molecule has 4 rings (SSSR count). The highest BCUT2D eigenvalue weighted by molar-refractivity contribution is 5.70. The van der Waals surface area contributed by atoms with Crippen LogP contribution in [0.25, 0.3) is 0 Å². The Kier molecular flexibility index (Phi) is 19.0. The second-order valence-electron chi connectivity index (χ2n) is 15.2. The molecule has 2 fully saturated rings. The van der Waals surface area contributed by atoms with Gasteiger partial charge in [0.05, 0.1) is 26.1 Å². The van der Waals surface area contributed by atoms with E-state index >= 15 is 0 Å². The fourth-order valence-corrected chi connectivity index (χ4v) is 7.13. The number of aliphatic carboxylic acids is 1. The van der Waals surface area contributed by atoms with Crippen molar-refractivity contribution in [3.63, 3.8) is 0 Å².